The highest BCUT2D eigenvalue weighted by molar-refractivity contribution is 9.09. The Morgan fingerprint density at radius 2 is 2.03 bits per heavy atom. The van der Waals surface area contributed by atoms with Crippen LogP contribution in [-0.4, -0.2) is 44.7 Å². The Balaban J connectivity index is 1.65. The number of halogens is 1. The third-order valence-corrected chi connectivity index (χ3v) is 5.62. The number of hydrogen-bond acceptors (Lipinski definition) is 4. The number of imidazole rings is 1. The van der Waals surface area contributed by atoms with Crippen molar-refractivity contribution in [2.24, 2.45) is 12.8 Å². The highest BCUT2D eigenvalue weighted by atomic mass is 79.9. The van der Waals surface area contributed by atoms with E-state index >= 15 is 0 Å². The van der Waals surface area contributed by atoms with Crippen molar-refractivity contribution in [1.29, 1.82) is 5.41 Å². The Kier molecular flexibility index (Phi) is 8.11. The Hall–Kier alpha value is -2.81. The highest BCUT2D eigenvalue weighted by Crippen LogP contribution is 2.25. The van der Waals surface area contributed by atoms with Gasteiger partial charge >= 0.3 is 0 Å². The molecule has 166 valence electrons. The first kappa shape index (κ1) is 22.9. The molecule has 0 saturated heterocycles. The standard InChI is InChI=1S/C22H30BrN7O/c1-30-14-16(26-10-5-3-2-4-9-23)13-19(30)21-28-17-7-6-15(12-18(17)29-21)22(31)27-11-8-20(24)25/h6-7,12-14,26H,2-5,8-11H2,1H3,(H3,24,25)(H,27,31)(H,28,29). The molecule has 31 heavy (non-hydrogen) atoms. The third-order valence-electron chi connectivity index (χ3n) is 5.06. The van der Waals surface area contributed by atoms with Crippen LogP contribution in [-0.2, 0) is 7.05 Å². The van der Waals surface area contributed by atoms with Crippen LogP contribution in [0.4, 0.5) is 5.69 Å². The lowest BCUT2D eigenvalue weighted by Crippen LogP contribution is -2.27. The van der Waals surface area contributed by atoms with Gasteiger partial charge in [-0.3, -0.25) is 10.2 Å². The first-order valence-corrected chi connectivity index (χ1v) is 11.7. The second-order valence-corrected chi connectivity index (χ2v) is 8.40. The number of H-pyrrole nitrogens is 1. The van der Waals surface area contributed by atoms with Crippen molar-refractivity contribution in [1.82, 2.24) is 19.9 Å². The van der Waals surface area contributed by atoms with Crippen LogP contribution in [0.3, 0.4) is 0 Å². The van der Waals surface area contributed by atoms with E-state index < -0.39 is 0 Å². The van der Waals surface area contributed by atoms with Crippen LogP contribution in [0.5, 0.6) is 0 Å². The van der Waals surface area contributed by atoms with Crippen molar-refractivity contribution in [2.45, 2.75) is 32.1 Å². The predicted molar refractivity (Wildman–Crippen MR) is 130 cm³/mol. The number of anilines is 1. The van der Waals surface area contributed by atoms with E-state index in [1.54, 1.807) is 12.1 Å². The fourth-order valence-electron chi connectivity index (χ4n) is 3.39. The molecule has 3 aromatic rings. The second kappa shape index (κ2) is 11.0. The summed E-state index contributed by atoms with van der Waals surface area (Å²) in [6, 6.07) is 7.48. The molecule has 0 bridgehead atoms. The van der Waals surface area contributed by atoms with Crippen molar-refractivity contribution in [3.05, 3.63) is 36.0 Å². The SMILES string of the molecule is Cn1cc(NCCCCCCBr)cc1-c1nc2ccc(C(=O)NCCC(=N)N)cc2[nH]1. The van der Waals surface area contributed by atoms with Gasteiger partial charge in [-0.2, -0.15) is 0 Å². The zero-order valence-electron chi connectivity index (χ0n) is 17.8. The fraction of sp³-hybridized carbons (Fsp3) is 0.409. The number of carbonyl (C=O) groups excluding carboxylic acids is 1. The van der Waals surface area contributed by atoms with E-state index in [4.69, 9.17) is 11.1 Å². The molecule has 0 saturated carbocycles. The number of aromatic nitrogens is 3. The van der Waals surface area contributed by atoms with Crippen molar-refractivity contribution >= 4 is 44.4 Å². The molecule has 0 atom stereocenters. The van der Waals surface area contributed by atoms with E-state index in [1.165, 1.54) is 19.3 Å². The van der Waals surface area contributed by atoms with E-state index in [0.29, 0.717) is 18.5 Å². The minimum absolute atomic E-state index is 0.0556. The number of rotatable bonds is 12. The predicted octanol–water partition coefficient (Wildman–Crippen LogP) is 3.99. The molecule has 2 heterocycles. The monoisotopic (exact) mass is 487 g/mol. The van der Waals surface area contributed by atoms with E-state index in [1.807, 2.05) is 17.7 Å². The first-order chi connectivity index (χ1) is 15.0. The van der Waals surface area contributed by atoms with Gasteiger partial charge in [-0.1, -0.05) is 28.8 Å². The number of unbranched alkanes of at least 4 members (excludes halogenated alkanes) is 3. The maximum absolute atomic E-state index is 12.3. The van der Waals surface area contributed by atoms with Crippen LogP contribution >= 0.6 is 15.9 Å². The molecule has 1 amide bonds. The van der Waals surface area contributed by atoms with Crippen LogP contribution in [0.15, 0.2) is 30.5 Å². The summed E-state index contributed by atoms with van der Waals surface area (Å²) >= 11 is 3.47. The van der Waals surface area contributed by atoms with Crippen molar-refractivity contribution in [2.75, 3.05) is 23.7 Å². The summed E-state index contributed by atoms with van der Waals surface area (Å²) in [6.45, 7) is 1.30. The molecule has 3 rings (SSSR count). The van der Waals surface area contributed by atoms with Gasteiger partial charge in [0.05, 0.1) is 28.3 Å². The molecule has 0 unspecified atom stereocenters. The molecule has 0 fully saturated rings. The first-order valence-electron chi connectivity index (χ1n) is 10.6. The van der Waals surface area contributed by atoms with Gasteiger partial charge in [0.1, 0.15) is 0 Å². The van der Waals surface area contributed by atoms with Crippen LogP contribution in [0.25, 0.3) is 22.6 Å². The van der Waals surface area contributed by atoms with E-state index in [-0.39, 0.29) is 11.7 Å². The van der Waals surface area contributed by atoms with Gasteiger partial charge < -0.3 is 25.9 Å². The molecule has 1 aromatic carbocycles. The van der Waals surface area contributed by atoms with Crippen molar-refractivity contribution in [3.8, 4) is 11.5 Å². The smallest absolute Gasteiger partial charge is 0.251 e. The summed E-state index contributed by atoms with van der Waals surface area (Å²) in [4.78, 5) is 20.3. The number of benzene rings is 1. The largest absolute Gasteiger partial charge is 0.388 e. The molecule has 2 aromatic heterocycles. The van der Waals surface area contributed by atoms with Gasteiger partial charge in [0.2, 0.25) is 0 Å². The summed E-state index contributed by atoms with van der Waals surface area (Å²) in [5.41, 5.74) is 9.52. The molecule has 0 radical (unpaired) electrons. The Morgan fingerprint density at radius 3 is 2.81 bits per heavy atom. The summed E-state index contributed by atoms with van der Waals surface area (Å²) in [6.07, 6.45) is 7.26. The van der Waals surface area contributed by atoms with E-state index in [0.717, 1.165) is 46.5 Å². The van der Waals surface area contributed by atoms with E-state index in [9.17, 15) is 4.79 Å². The topological polar surface area (TPSA) is 125 Å². The second-order valence-electron chi connectivity index (χ2n) is 7.60. The molecular formula is C22H30BrN7O. The Labute approximate surface area is 190 Å². The van der Waals surface area contributed by atoms with Gasteiger partial charge in [0.15, 0.2) is 5.82 Å². The maximum atomic E-state index is 12.3. The summed E-state index contributed by atoms with van der Waals surface area (Å²) in [7, 11) is 2.00. The van der Waals surface area contributed by atoms with Crippen LogP contribution in [0, 0.1) is 5.41 Å². The molecule has 0 aliphatic carbocycles. The lowest BCUT2D eigenvalue weighted by atomic mass is 10.2. The molecule has 0 aliphatic rings. The van der Waals surface area contributed by atoms with Gasteiger partial charge in [-0.15, -0.1) is 0 Å². The number of amidine groups is 1. The highest BCUT2D eigenvalue weighted by Gasteiger charge is 2.13. The van der Waals surface area contributed by atoms with Crippen molar-refractivity contribution < 1.29 is 4.79 Å². The quantitative estimate of drug-likeness (QED) is 0.114. The number of nitrogens with two attached hydrogens (primary N) is 1. The zero-order chi connectivity index (χ0) is 22.2. The van der Waals surface area contributed by atoms with Gasteiger partial charge in [-0.25, -0.2) is 4.98 Å². The average molecular weight is 488 g/mol. The number of nitrogens with one attached hydrogen (secondary N) is 4. The molecular weight excluding hydrogens is 458 g/mol. The van der Waals surface area contributed by atoms with Crippen LogP contribution in [0.1, 0.15) is 42.5 Å². The number of alkyl halides is 1. The number of amides is 1. The molecule has 0 aliphatic heterocycles. The van der Waals surface area contributed by atoms with Crippen LogP contribution < -0.4 is 16.4 Å². The molecule has 9 heteroatoms. The minimum Gasteiger partial charge on any atom is -0.388 e. The number of aryl methyl sites for hydroxylation is 1. The lowest BCUT2D eigenvalue weighted by Gasteiger charge is -2.04. The van der Waals surface area contributed by atoms with Gasteiger partial charge in [0.25, 0.3) is 5.91 Å². The van der Waals surface area contributed by atoms with Crippen LogP contribution in [0.2, 0.25) is 0 Å². The molecule has 0 spiro atoms. The van der Waals surface area contributed by atoms with E-state index in [2.05, 4.69) is 48.8 Å². The average Bonchev–Trinajstić information content (AvgIpc) is 3.32. The van der Waals surface area contributed by atoms with Gasteiger partial charge in [-0.05, 0) is 37.1 Å². The van der Waals surface area contributed by atoms with Gasteiger partial charge in [0, 0.05) is 43.6 Å². The fourth-order valence-corrected chi connectivity index (χ4v) is 3.78. The number of carbonyl (C=O) groups is 1. The lowest BCUT2D eigenvalue weighted by molar-refractivity contribution is 0.0955. The number of hydrogen-bond donors (Lipinski definition) is 5. The number of nitrogens with zero attached hydrogens (tertiary/aromatic N) is 2. The normalized spacial score (nSPS) is 11.0. The summed E-state index contributed by atoms with van der Waals surface area (Å²) in [5, 5.41) is 14.6. The van der Waals surface area contributed by atoms with Crippen molar-refractivity contribution in [3.63, 3.8) is 0 Å². The maximum Gasteiger partial charge on any atom is 0.251 e. The molecule has 8 nitrogen and oxygen atoms in total. The number of aromatic amines is 1. The third kappa shape index (κ3) is 6.33. The minimum atomic E-state index is -0.194. The zero-order valence-corrected chi connectivity index (χ0v) is 19.4. The Bertz CT molecular complexity index is 1040. The molecule has 6 N–H and O–H groups in total. The summed E-state index contributed by atoms with van der Waals surface area (Å²) in [5.74, 6) is 0.623. The summed E-state index contributed by atoms with van der Waals surface area (Å²) < 4.78 is 2.04. The Morgan fingerprint density at radius 1 is 1.23 bits per heavy atom. The number of fused-ring (bicyclic) bond motifs is 1.